The SMILES string of the molecule is COc1ccnc(Oc2ccc3c(C#N)c(-c4ccc(NC(=O)OC(C)C)cc4)n(C4CCC4)c3c2)n1. The molecule has 2 heterocycles. The molecule has 2 aromatic carbocycles. The van der Waals surface area contributed by atoms with E-state index in [-0.39, 0.29) is 18.2 Å². The van der Waals surface area contributed by atoms with E-state index in [9.17, 15) is 10.1 Å². The van der Waals surface area contributed by atoms with Crippen molar-refractivity contribution in [1.29, 1.82) is 5.26 Å². The number of aromatic nitrogens is 3. The topological polar surface area (TPSA) is 111 Å². The molecule has 0 saturated heterocycles. The molecule has 37 heavy (non-hydrogen) atoms. The Labute approximate surface area is 214 Å². The maximum absolute atomic E-state index is 12.0. The highest BCUT2D eigenvalue weighted by Crippen LogP contribution is 2.43. The predicted octanol–water partition coefficient (Wildman–Crippen LogP) is 6.45. The van der Waals surface area contributed by atoms with E-state index in [0.29, 0.717) is 22.9 Å². The lowest BCUT2D eigenvalue weighted by atomic mass is 9.92. The smallest absolute Gasteiger partial charge is 0.411 e. The Morgan fingerprint density at radius 1 is 1.16 bits per heavy atom. The van der Waals surface area contributed by atoms with Crippen LogP contribution in [0.5, 0.6) is 17.6 Å². The number of methoxy groups -OCH3 is 1. The van der Waals surface area contributed by atoms with Crippen molar-refractivity contribution in [3.05, 3.63) is 60.3 Å². The normalized spacial score (nSPS) is 13.2. The van der Waals surface area contributed by atoms with Crippen molar-refractivity contribution in [2.45, 2.75) is 45.3 Å². The Morgan fingerprint density at radius 3 is 2.59 bits per heavy atom. The van der Waals surface area contributed by atoms with Crippen LogP contribution in [0.1, 0.15) is 44.7 Å². The zero-order valence-corrected chi connectivity index (χ0v) is 20.9. The zero-order valence-electron chi connectivity index (χ0n) is 20.9. The highest BCUT2D eigenvalue weighted by molar-refractivity contribution is 5.96. The van der Waals surface area contributed by atoms with Crippen LogP contribution in [0.3, 0.4) is 0 Å². The van der Waals surface area contributed by atoms with Gasteiger partial charge in [-0.15, -0.1) is 0 Å². The minimum absolute atomic E-state index is 0.181. The number of amides is 1. The molecule has 0 unspecified atom stereocenters. The Bertz CT molecular complexity index is 1480. The van der Waals surface area contributed by atoms with Gasteiger partial charge in [-0.1, -0.05) is 12.1 Å². The van der Waals surface area contributed by atoms with E-state index in [1.165, 1.54) is 7.11 Å². The van der Waals surface area contributed by atoms with Gasteiger partial charge < -0.3 is 18.8 Å². The van der Waals surface area contributed by atoms with E-state index in [1.807, 2.05) is 42.5 Å². The maximum Gasteiger partial charge on any atom is 0.411 e. The number of nitriles is 1. The van der Waals surface area contributed by atoms with Gasteiger partial charge in [0.2, 0.25) is 5.88 Å². The number of rotatable bonds is 7. The molecule has 9 nitrogen and oxygen atoms in total. The molecule has 1 N–H and O–H groups in total. The number of anilines is 1. The summed E-state index contributed by atoms with van der Waals surface area (Å²) in [6, 6.07) is 17.6. The van der Waals surface area contributed by atoms with Gasteiger partial charge in [-0.25, -0.2) is 9.78 Å². The standard InChI is InChI=1S/C28H27N5O4/c1-17(2)36-28(34)31-19-9-7-18(8-10-19)26-23(16-29)22-12-11-21(15-24(22)33(26)20-5-4-6-20)37-27-30-14-13-25(32-27)35-3/h7-15,17,20H,4-6H2,1-3H3,(H,31,34). The first-order valence-corrected chi connectivity index (χ1v) is 12.2. The fourth-order valence-corrected chi connectivity index (χ4v) is 4.44. The number of ether oxygens (including phenoxy) is 3. The van der Waals surface area contributed by atoms with Crippen LogP contribution in [0.25, 0.3) is 22.2 Å². The second kappa shape index (κ2) is 10.2. The summed E-state index contributed by atoms with van der Waals surface area (Å²) in [5.74, 6) is 0.978. The van der Waals surface area contributed by atoms with E-state index >= 15 is 0 Å². The van der Waals surface area contributed by atoms with Crippen LogP contribution in [0.4, 0.5) is 10.5 Å². The van der Waals surface area contributed by atoms with Crippen molar-refractivity contribution in [3.63, 3.8) is 0 Å². The largest absolute Gasteiger partial charge is 0.481 e. The summed E-state index contributed by atoms with van der Waals surface area (Å²) < 4.78 is 18.5. The average Bonchev–Trinajstić information content (AvgIpc) is 3.16. The molecule has 1 aliphatic rings. The van der Waals surface area contributed by atoms with E-state index in [0.717, 1.165) is 41.4 Å². The number of benzene rings is 2. The van der Waals surface area contributed by atoms with Crippen LogP contribution in [-0.4, -0.2) is 33.8 Å². The molecule has 0 bridgehead atoms. The van der Waals surface area contributed by atoms with Gasteiger partial charge >= 0.3 is 12.1 Å². The Morgan fingerprint density at radius 2 is 1.95 bits per heavy atom. The first-order chi connectivity index (χ1) is 18.0. The van der Waals surface area contributed by atoms with Crippen LogP contribution >= 0.6 is 0 Å². The highest BCUT2D eigenvalue weighted by atomic mass is 16.6. The number of hydrogen-bond donors (Lipinski definition) is 1. The number of carbonyl (C=O) groups excluding carboxylic acids is 1. The molecule has 1 amide bonds. The predicted molar refractivity (Wildman–Crippen MR) is 139 cm³/mol. The molecular formula is C28H27N5O4. The maximum atomic E-state index is 12.0. The number of nitrogens with zero attached hydrogens (tertiary/aromatic N) is 4. The van der Waals surface area contributed by atoms with Crippen molar-refractivity contribution >= 4 is 22.7 Å². The summed E-state index contributed by atoms with van der Waals surface area (Å²) in [5, 5.41) is 13.8. The second-order valence-corrected chi connectivity index (χ2v) is 9.11. The summed E-state index contributed by atoms with van der Waals surface area (Å²) in [6.07, 6.45) is 4.07. The second-order valence-electron chi connectivity index (χ2n) is 9.11. The molecule has 4 aromatic rings. The lowest BCUT2D eigenvalue weighted by molar-refractivity contribution is 0.130. The molecule has 1 saturated carbocycles. The first kappa shape index (κ1) is 24.1. The lowest BCUT2D eigenvalue weighted by Crippen LogP contribution is -2.18. The average molecular weight is 498 g/mol. The molecule has 1 aliphatic carbocycles. The van der Waals surface area contributed by atoms with Crippen LogP contribution in [0.2, 0.25) is 0 Å². The van der Waals surface area contributed by atoms with Crippen molar-refractivity contribution in [2.75, 3.05) is 12.4 Å². The fourth-order valence-electron chi connectivity index (χ4n) is 4.44. The number of hydrogen-bond acceptors (Lipinski definition) is 7. The van der Waals surface area contributed by atoms with E-state index in [1.54, 1.807) is 26.1 Å². The molecule has 0 spiro atoms. The van der Waals surface area contributed by atoms with Gasteiger partial charge in [0.05, 0.1) is 30.0 Å². The first-order valence-electron chi connectivity index (χ1n) is 12.2. The van der Waals surface area contributed by atoms with Crippen molar-refractivity contribution in [2.24, 2.45) is 0 Å². The van der Waals surface area contributed by atoms with Crippen molar-refractivity contribution in [1.82, 2.24) is 14.5 Å². The third-order valence-corrected chi connectivity index (χ3v) is 6.30. The number of nitrogens with one attached hydrogen (secondary N) is 1. The third-order valence-electron chi connectivity index (χ3n) is 6.30. The monoisotopic (exact) mass is 497 g/mol. The molecule has 188 valence electrons. The van der Waals surface area contributed by atoms with Crippen LogP contribution in [0.15, 0.2) is 54.7 Å². The van der Waals surface area contributed by atoms with Crippen LogP contribution in [0, 0.1) is 11.3 Å². The quantitative estimate of drug-likeness (QED) is 0.312. The zero-order chi connectivity index (χ0) is 25.9. The lowest BCUT2D eigenvalue weighted by Gasteiger charge is -2.30. The summed E-state index contributed by atoms with van der Waals surface area (Å²) >= 11 is 0. The van der Waals surface area contributed by atoms with Crippen molar-refractivity contribution < 1.29 is 19.0 Å². The molecule has 1 fully saturated rings. The van der Waals surface area contributed by atoms with Gasteiger partial charge in [0.25, 0.3) is 0 Å². The molecule has 5 rings (SSSR count). The Kier molecular flexibility index (Phi) is 6.64. The van der Waals surface area contributed by atoms with E-state index in [2.05, 4.69) is 25.9 Å². The van der Waals surface area contributed by atoms with E-state index in [4.69, 9.17) is 14.2 Å². The molecule has 0 aliphatic heterocycles. The molecule has 9 heteroatoms. The van der Waals surface area contributed by atoms with Crippen LogP contribution < -0.4 is 14.8 Å². The molecule has 0 radical (unpaired) electrons. The molecule has 0 atom stereocenters. The fraction of sp³-hybridized carbons (Fsp3) is 0.286. The number of fused-ring (bicyclic) bond motifs is 1. The molecular weight excluding hydrogens is 470 g/mol. The Hall–Kier alpha value is -4.58. The van der Waals surface area contributed by atoms with E-state index < -0.39 is 6.09 Å². The number of carbonyl (C=O) groups is 1. The summed E-state index contributed by atoms with van der Waals surface area (Å²) in [4.78, 5) is 20.4. The minimum Gasteiger partial charge on any atom is -0.481 e. The van der Waals surface area contributed by atoms with Gasteiger partial charge in [-0.05, 0) is 62.9 Å². The summed E-state index contributed by atoms with van der Waals surface area (Å²) in [6.45, 7) is 3.59. The van der Waals surface area contributed by atoms with Gasteiger partial charge in [-0.2, -0.15) is 10.2 Å². The van der Waals surface area contributed by atoms with Crippen molar-refractivity contribution in [3.8, 4) is 35.0 Å². The van der Waals surface area contributed by atoms with Gasteiger partial charge in [0, 0.05) is 35.4 Å². The molecule has 2 aromatic heterocycles. The Balaban J connectivity index is 1.54. The van der Waals surface area contributed by atoms with Gasteiger partial charge in [-0.3, -0.25) is 5.32 Å². The van der Waals surface area contributed by atoms with Gasteiger partial charge in [0.1, 0.15) is 11.8 Å². The highest BCUT2D eigenvalue weighted by Gasteiger charge is 2.28. The summed E-state index contributed by atoms with van der Waals surface area (Å²) in [5.41, 5.74) is 3.88. The third kappa shape index (κ3) is 4.91. The van der Waals surface area contributed by atoms with Gasteiger partial charge in [0.15, 0.2) is 0 Å². The summed E-state index contributed by atoms with van der Waals surface area (Å²) in [7, 11) is 1.54. The minimum atomic E-state index is -0.503. The van der Waals surface area contributed by atoms with Crippen LogP contribution in [-0.2, 0) is 4.74 Å².